The van der Waals surface area contributed by atoms with Crippen LogP contribution in [0.2, 0.25) is 0 Å². The summed E-state index contributed by atoms with van der Waals surface area (Å²) < 4.78 is 2.29. The number of fused-ring (bicyclic) bond motifs is 5. The van der Waals surface area contributed by atoms with E-state index in [4.69, 9.17) is 0 Å². The summed E-state index contributed by atoms with van der Waals surface area (Å²) in [4.78, 5) is 0. The summed E-state index contributed by atoms with van der Waals surface area (Å²) in [6, 6.07) is 21.5. The standard InChI is InChI=1S/C18H10Br2.CH4/c19-17-10-16-12-6-2-4-8-14(12)18(20)9-15(16)11-5-1-3-7-13(11)17;/h1-10H;1H4. The molecule has 0 saturated heterocycles. The highest BCUT2D eigenvalue weighted by Gasteiger charge is 2.09. The lowest BCUT2D eigenvalue weighted by Crippen LogP contribution is -1.83. The van der Waals surface area contributed by atoms with Crippen LogP contribution in [0.15, 0.2) is 69.6 Å². The molecular formula is C19H14Br2. The predicted molar refractivity (Wildman–Crippen MR) is 101 cm³/mol. The molecule has 0 aliphatic heterocycles. The summed E-state index contributed by atoms with van der Waals surface area (Å²) in [6.07, 6.45) is 0. The molecule has 4 rings (SSSR count). The maximum Gasteiger partial charge on any atom is 0.0260 e. The summed E-state index contributed by atoms with van der Waals surface area (Å²) in [6.45, 7) is 0. The molecule has 0 saturated carbocycles. The summed E-state index contributed by atoms with van der Waals surface area (Å²) in [5.41, 5.74) is 0. The second kappa shape index (κ2) is 5.43. The highest BCUT2D eigenvalue weighted by Crippen LogP contribution is 2.38. The molecule has 0 aromatic heterocycles. The third-order valence-electron chi connectivity index (χ3n) is 3.78. The van der Waals surface area contributed by atoms with Gasteiger partial charge in [0.05, 0.1) is 0 Å². The molecule has 0 heterocycles. The van der Waals surface area contributed by atoms with Gasteiger partial charge in [-0.25, -0.2) is 0 Å². The van der Waals surface area contributed by atoms with Crippen molar-refractivity contribution in [1.82, 2.24) is 0 Å². The number of halogens is 2. The van der Waals surface area contributed by atoms with Gasteiger partial charge >= 0.3 is 0 Å². The van der Waals surface area contributed by atoms with Crippen molar-refractivity contribution in [2.24, 2.45) is 0 Å². The van der Waals surface area contributed by atoms with Gasteiger partial charge in [-0.1, -0.05) is 87.8 Å². The van der Waals surface area contributed by atoms with Crippen LogP contribution in [-0.4, -0.2) is 0 Å². The van der Waals surface area contributed by atoms with Crippen molar-refractivity contribution >= 4 is 64.2 Å². The molecule has 104 valence electrons. The van der Waals surface area contributed by atoms with Crippen molar-refractivity contribution < 1.29 is 0 Å². The van der Waals surface area contributed by atoms with Gasteiger partial charge in [-0.3, -0.25) is 0 Å². The maximum atomic E-state index is 3.71. The lowest BCUT2D eigenvalue weighted by atomic mass is 9.97. The van der Waals surface area contributed by atoms with Crippen LogP contribution in [0.3, 0.4) is 0 Å². The maximum absolute atomic E-state index is 3.71. The molecule has 4 aromatic carbocycles. The highest BCUT2D eigenvalue weighted by molar-refractivity contribution is 9.11. The smallest absolute Gasteiger partial charge is 0.0260 e. The Labute approximate surface area is 141 Å². The molecule has 2 heteroatoms. The molecule has 0 spiro atoms. The molecule has 21 heavy (non-hydrogen) atoms. The van der Waals surface area contributed by atoms with Gasteiger partial charge in [0.1, 0.15) is 0 Å². The van der Waals surface area contributed by atoms with Crippen LogP contribution >= 0.6 is 31.9 Å². The number of hydrogen-bond acceptors (Lipinski definition) is 0. The first-order valence-corrected chi connectivity index (χ1v) is 8.02. The molecule has 0 nitrogen and oxygen atoms in total. The zero-order valence-corrected chi connectivity index (χ0v) is 13.7. The highest BCUT2D eigenvalue weighted by atomic mass is 79.9. The number of benzene rings is 4. The van der Waals surface area contributed by atoms with Gasteiger partial charge in [0.15, 0.2) is 0 Å². The second-order valence-electron chi connectivity index (χ2n) is 4.90. The minimum absolute atomic E-state index is 0. The van der Waals surface area contributed by atoms with E-state index in [2.05, 4.69) is 92.5 Å². The molecule has 0 atom stereocenters. The Morgan fingerprint density at radius 3 is 1.19 bits per heavy atom. The summed E-state index contributed by atoms with van der Waals surface area (Å²) in [5.74, 6) is 0. The average Bonchev–Trinajstić information content (AvgIpc) is 2.49. The Kier molecular flexibility index (Phi) is 3.76. The minimum atomic E-state index is 0. The zero-order chi connectivity index (χ0) is 13.7. The molecule has 0 amide bonds. The van der Waals surface area contributed by atoms with Gasteiger partial charge in [-0.15, -0.1) is 0 Å². The first-order chi connectivity index (χ1) is 9.75. The van der Waals surface area contributed by atoms with Gasteiger partial charge in [-0.05, 0) is 44.5 Å². The molecule has 0 radical (unpaired) electrons. The molecular weight excluding hydrogens is 388 g/mol. The fraction of sp³-hybridized carbons (Fsp3) is 0.0526. The fourth-order valence-electron chi connectivity index (χ4n) is 2.86. The molecule has 0 fully saturated rings. The Morgan fingerprint density at radius 2 is 0.810 bits per heavy atom. The van der Waals surface area contributed by atoms with Gasteiger partial charge in [0.25, 0.3) is 0 Å². The summed E-state index contributed by atoms with van der Waals surface area (Å²) in [7, 11) is 0. The molecule has 4 aromatic rings. The fourth-order valence-corrected chi connectivity index (χ4v) is 4.01. The SMILES string of the molecule is Brc1cc2c3ccccc3c(Br)cc2c2ccccc12.C. The first kappa shape index (κ1) is 14.6. The van der Waals surface area contributed by atoms with E-state index in [0.29, 0.717) is 0 Å². The number of rotatable bonds is 0. The lowest BCUT2D eigenvalue weighted by Gasteiger charge is -2.11. The van der Waals surface area contributed by atoms with Crippen LogP contribution < -0.4 is 0 Å². The summed E-state index contributed by atoms with van der Waals surface area (Å²) >= 11 is 7.42. The van der Waals surface area contributed by atoms with E-state index in [1.165, 1.54) is 32.3 Å². The van der Waals surface area contributed by atoms with Gasteiger partial charge in [0.2, 0.25) is 0 Å². The van der Waals surface area contributed by atoms with E-state index >= 15 is 0 Å². The van der Waals surface area contributed by atoms with Crippen molar-refractivity contribution in [3.8, 4) is 0 Å². The second-order valence-corrected chi connectivity index (χ2v) is 6.61. The zero-order valence-electron chi connectivity index (χ0n) is 10.5. The third kappa shape index (κ3) is 2.18. The van der Waals surface area contributed by atoms with Crippen molar-refractivity contribution in [1.29, 1.82) is 0 Å². The van der Waals surface area contributed by atoms with Crippen molar-refractivity contribution in [2.45, 2.75) is 7.43 Å². The Morgan fingerprint density at radius 1 is 0.476 bits per heavy atom. The van der Waals surface area contributed by atoms with E-state index in [0.717, 1.165) is 8.95 Å². The van der Waals surface area contributed by atoms with Gasteiger partial charge < -0.3 is 0 Å². The van der Waals surface area contributed by atoms with Crippen LogP contribution in [0.5, 0.6) is 0 Å². The first-order valence-electron chi connectivity index (χ1n) is 6.44. The number of hydrogen-bond donors (Lipinski definition) is 0. The Balaban J connectivity index is 0.00000132. The van der Waals surface area contributed by atoms with E-state index in [1.807, 2.05) is 0 Å². The van der Waals surface area contributed by atoms with Crippen LogP contribution in [0.25, 0.3) is 32.3 Å². The largest absolute Gasteiger partial charge is 0.0776 e. The lowest BCUT2D eigenvalue weighted by molar-refractivity contribution is 1.73. The van der Waals surface area contributed by atoms with E-state index in [1.54, 1.807) is 0 Å². The van der Waals surface area contributed by atoms with E-state index in [-0.39, 0.29) is 7.43 Å². The van der Waals surface area contributed by atoms with Crippen molar-refractivity contribution in [3.63, 3.8) is 0 Å². The summed E-state index contributed by atoms with van der Waals surface area (Å²) in [5, 5.41) is 7.64. The topological polar surface area (TPSA) is 0 Å². The van der Waals surface area contributed by atoms with Crippen LogP contribution in [-0.2, 0) is 0 Å². The Bertz CT molecular complexity index is 890. The van der Waals surface area contributed by atoms with Crippen molar-refractivity contribution in [3.05, 3.63) is 69.6 Å². The third-order valence-corrected chi connectivity index (χ3v) is 5.09. The van der Waals surface area contributed by atoms with Gasteiger partial charge in [-0.2, -0.15) is 0 Å². The van der Waals surface area contributed by atoms with Crippen LogP contribution in [0.1, 0.15) is 7.43 Å². The van der Waals surface area contributed by atoms with Crippen LogP contribution in [0.4, 0.5) is 0 Å². The van der Waals surface area contributed by atoms with Crippen molar-refractivity contribution in [2.75, 3.05) is 0 Å². The van der Waals surface area contributed by atoms with E-state index < -0.39 is 0 Å². The molecule has 0 unspecified atom stereocenters. The molecule has 0 N–H and O–H groups in total. The van der Waals surface area contributed by atoms with Crippen LogP contribution in [0, 0.1) is 0 Å². The average molecular weight is 402 g/mol. The molecule has 0 aliphatic rings. The molecule has 0 bridgehead atoms. The quantitative estimate of drug-likeness (QED) is 0.271. The predicted octanol–water partition coefficient (Wildman–Crippen LogP) is 7.31. The normalized spacial score (nSPS) is 11.0. The van der Waals surface area contributed by atoms with Gasteiger partial charge in [0, 0.05) is 8.95 Å². The monoisotopic (exact) mass is 400 g/mol. The van der Waals surface area contributed by atoms with E-state index in [9.17, 15) is 0 Å². The Hall–Kier alpha value is -1.38. The molecule has 0 aliphatic carbocycles. The minimum Gasteiger partial charge on any atom is -0.0776 e.